The number of hydrogen-bond donors (Lipinski definition) is 2. The zero-order valence-corrected chi connectivity index (χ0v) is 28.9. The van der Waals surface area contributed by atoms with Gasteiger partial charge in [-0.15, -0.1) is 0 Å². The number of sulfonamides is 1. The molecule has 2 aromatic rings. The van der Waals surface area contributed by atoms with Crippen LogP contribution in [0, 0.1) is 23.7 Å². The first-order valence-corrected chi connectivity index (χ1v) is 19.2. The van der Waals surface area contributed by atoms with Crippen molar-refractivity contribution in [3.63, 3.8) is 0 Å². The second-order valence-electron chi connectivity index (χ2n) is 14.7. The van der Waals surface area contributed by atoms with E-state index in [1.54, 1.807) is 13.0 Å². The number of benzene rings is 2. The molecule has 256 valence electrons. The molecule has 2 bridgehead atoms. The molecule has 2 N–H and O–H groups in total. The summed E-state index contributed by atoms with van der Waals surface area (Å²) in [5.74, 6) is 0.788. The van der Waals surface area contributed by atoms with Gasteiger partial charge in [-0.05, 0) is 111 Å². The molecule has 9 nitrogen and oxygen atoms in total. The molecule has 1 amide bonds. The Morgan fingerprint density at radius 1 is 1.00 bits per heavy atom. The normalized spacial score (nSPS) is 35.8. The van der Waals surface area contributed by atoms with Gasteiger partial charge in [0.05, 0.1) is 30.8 Å². The Kier molecular flexibility index (Phi) is 9.28. The van der Waals surface area contributed by atoms with E-state index >= 15 is 0 Å². The molecule has 2 fully saturated rings. The standard InChI is InChI=1S/C36H47ClN2O7S/c1-22-5-3-7-30(35-44-18-28(40)19-45-35)29-11-8-26(29)17-39-20-36(14-4-6-24-15-27(37)10-12-31(24)36)21-46-33-13-9-25(16-32(33)39)34(41)38-47(42,43)23(22)2/h9-10,12-13,15-16,22-23,26,28-30,35,40H,3-8,11,14,17-21H2,1-2H3,(H,38,41)/t22-,23+,26-,28-,29+,30-,35-,36-/m0/s1. The number of fused-ring (bicyclic) bond motifs is 4. The molecule has 0 unspecified atom stereocenters. The van der Waals surface area contributed by atoms with Gasteiger partial charge in [-0.25, -0.2) is 13.1 Å². The monoisotopic (exact) mass is 686 g/mol. The van der Waals surface area contributed by atoms with E-state index in [9.17, 15) is 18.3 Å². The Balaban J connectivity index is 1.28. The summed E-state index contributed by atoms with van der Waals surface area (Å²) in [6, 6.07) is 11.5. The maximum absolute atomic E-state index is 13.5. The van der Waals surface area contributed by atoms with Crippen LogP contribution in [0.25, 0.3) is 0 Å². The van der Waals surface area contributed by atoms with Gasteiger partial charge in [0.1, 0.15) is 11.9 Å². The number of anilines is 1. The Hall–Kier alpha value is -2.37. The summed E-state index contributed by atoms with van der Waals surface area (Å²) in [6.07, 6.45) is 6.45. The maximum atomic E-state index is 13.5. The van der Waals surface area contributed by atoms with Crippen molar-refractivity contribution in [2.45, 2.75) is 88.3 Å². The quantitative estimate of drug-likeness (QED) is 0.407. The molecule has 1 saturated heterocycles. The van der Waals surface area contributed by atoms with E-state index in [4.69, 9.17) is 25.8 Å². The van der Waals surface area contributed by atoms with Crippen LogP contribution < -0.4 is 14.4 Å². The van der Waals surface area contributed by atoms with E-state index in [1.807, 2.05) is 25.1 Å². The van der Waals surface area contributed by atoms with Crippen LogP contribution in [0.4, 0.5) is 5.69 Å². The molecule has 2 aliphatic carbocycles. The van der Waals surface area contributed by atoms with Gasteiger partial charge in [0, 0.05) is 35.0 Å². The Morgan fingerprint density at radius 3 is 2.57 bits per heavy atom. The third-order valence-electron chi connectivity index (χ3n) is 11.8. The molecule has 6 atom stereocenters. The number of carbonyl (C=O) groups is 1. The molecular weight excluding hydrogens is 640 g/mol. The zero-order chi connectivity index (χ0) is 32.9. The van der Waals surface area contributed by atoms with Gasteiger partial charge in [0.25, 0.3) is 5.91 Å². The van der Waals surface area contributed by atoms with Gasteiger partial charge < -0.3 is 24.2 Å². The number of nitrogens with one attached hydrogen (secondary N) is 1. The second-order valence-corrected chi connectivity index (χ2v) is 17.2. The predicted molar refractivity (Wildman–Crippen MR) is 180 cm³/mol. The van der Waals surface area contributed by atoms with Crippen LogP contribution in [0.1, 0.15) is 80.3 Å². The molecule has 3 aliphatic heterocycles. The molecule has 3 heterocycles. The van der Waals surface area contributed by atoms with Crippen LogP contribution in [-0.2, 0) is 31.3 Å². The van der Waals surface area contributed by atoms with Crippen molar-refractivity contribution in [1.29, 1.82) is 0 Å². The largest absolute Gasteiger partial charge is 0.490 e. The number of aryl methyl sites for hydroxylation is 1. The third-order valence-corrected chi connectivity index (χ3v) is 13.9. The molecule has 0 radical (unpaired) electrons. The highest BCUT2D eigenvalue weighted by atomic mass is 35.5. The molecule has 47 heavy (non-hydrogen) atoms. The maximum Gasteiger partial charge on any atom is 0.264 e. The summed E-state index contributed by atoms with van der Waals surface area (Å²) in [7, 11) is -3.92. The fourth-order valence-electron chi connectivity index (χ4n) is 8.73. The fourth-order valence-corrected chi connectivity index (χ4v) is 10.2. The number of aliphatic hydroxyl groups excluding tert-OH is 1. The van der Waals surface area contributed by atoms with E-state index < -0.39 is 33.6 Å². The van der Waals surface area contributed by atoms with Crippen molar-refractivity contribution in [3.8, 4) is 5.75 Å². The van der Waals surface area contributed by atoms with Gasteiger partial charge in [0.15, 0.2) is 6.29 Å². The van der Waals surface area contributed by atoms with Crippen LogP contribution in [0.2, 0.25) is 5.02 Å². The number of hydrogen-bond acceptors (Lipinski definition) is 8. The van der Waals surface area contributed by atoms with Crippen LogP contribution in [0.3, 0.4) is 0 Å². The lowest BCUT2D eigenvalue weighted by Gasteiger charge is -2.48. The molecule has 2 aromatic carbocycles. The summed E-state index contributed by atoms with van der Waals surface area (Å²) < 4.78 is 48.0. The molecule has 1 spiro atoms. The first-order valence-electron chi connectivity index (χ1n) is 17.3. The molecule has 11 heteroatoms. The molecule has 7 rings (SSSR count). The molecule has 5 aliphatic rings. The lowest BCUT2D eigenvalue weighted by molar-refractivity contribution is -0.252. The summed E-state index contributed by atoms with van der Waals surface area (Å²) in [6.45, 7) is 6.12. The van der Waals surface area contributed by atoms with E-state index in [0.29, 0.717) is 42.7 Å². The average Bonchev–Trinajstić information content (AvgIpc) is 3.18. The number of aliphatic hydroxyl groups is 1. The van der Waals surface area contributed by atoms with Crippen LogP contribution in [-0.4, -0.2) is 70.0 Å². The SMILES string of the molecule is C[C@@H]1[C@@H](C)CCC[C@H]([C@H]2OC[C@H](O)CO2)[C@@H]2CC[C@H]2CN2C[C@@]3(CCCc4cc(Cl)ccc43)COc3ccc(cc32)C(=O)NS1(=O)=O. The average molecular weight is 687 g/mol. The first-order chi connectivity index (χ1) is 22.5. The van der Waals surface area contributed by atoms with E-state index in [-0.39, 0.29) is 30.5 Å². The van der Waals surface area contributed by atoms with Crippen LogP contribution >= 0.6 is 11.6 Å². The first kappa shape index (κ1) is 33.1. The van der Waals surface area contributed by atoms with Gasteiger partial charge >= 0.3 is 0 Å². The summed E-state index contributed by atoms with van der Waals surface area (Å²) >= 11 is 6.44. The number of rotatable bonds is 1. The molecule has 1 saturated carbocycles. The summed E-state index contributed by atoms with van der Waals surface area (Å²) in [5.41, 5.74) is 3.38. The Labute approximate surface area is 283 Å². The van der Waals surface area contributed by atoms with Gasteiger partial charge in [-0.2, -0.15) is 0 Å². The van der Waals surface area contributed by atoms with Gasteiger partial charge in [0.2, 0.25) is 10.0 Å². The van der Waals surface area contributed by atoms with Crippen LogP contribution in [0.15, 0.2) is 36.4 Å². The van der Waals surface area contributed by atoms with Crippen molar-refractivity contribution < 1.29 is 32.5 Å². The second kappa shape index (κ2) is 13.2. The summed E-state index contributed by atoms with van der Waals surface area (Å²) in [5, 5.41) is 10.1. The minimum atomic E-state index is -3.92. The Bertz CT molecular complexity index is 1600. The predicted octanol–water partition coefficient (Wildman–Crippen LogP) is 5.46. The number of amides is 1. The highest BCUT2D eigenvalue weighted by Crippen LogP contribution is 2.49. The minimum absolute atomic E-state index is 0.133. The number of nitrogens with zero attached hydrogens (tertiary/aromatic N) is 1. The zero-order valence-electron chi connectivity index (χ0n) is 27.3. The summed E-state index contributed by atoms with van der Waals surface area (Å²) in [4.78, 5) is 15.9. The van der Waals surface area contributed by atoms with Crippen molar-refractivity contribution in [1.82, 2.24) is 4.72 Å². The minimum Gasteiger partial charge on any atom is -0.490 e. The number of ether oxygens (including phenoxy) is 3. The number of carbonyl (C=O) groups excluding carboxylic acids is 1. The lowest BCUT2D eigenvalue weighted by atomic mass is 9.64. The van der Waals surface area contributed by atoms with Crippen molar-refractivity contribution >= 4 is 33.2 Å². The third kappa shape index (κ3) is 6.53. The van der Waals surface area contributed by atoms with Crippen molar-refractivity contribution in [2.75, 3.05) is 37.8 Å². The Morgan fingerprint density at radius 2 is 1.81 bits per heavy atom. The van der Waals surface area contributed by atoms with Crippen molar-refractivity contribution in [2.24, 2.45) is 23.7 Å². The highest BCUT2D eigenvalue weighted by molar-refractivity contribution is 7.90. The smallest absolute Gasteiger partial charge is 0.264 e. The fraction of sp³-hybridized carbons (Fsp3) is 0.639. The molecular formula is C36H47ClN2O7S. The highest BCUT2D eigenvalue weighted by Gasteiger charge is 2.46. The van der Waals surface area contributed by atoms with E-state index in [2.05, 4.69) is 21.8 Å². The van der Waals surface area contributed by atoms with E-state index in [1.165, 1.54) is 11.1 Å². The number of halogens is 1. The van der Waals surface area contributed by atoms with Gasteiger partial charge in [-0.3, -0.25) is 4.79 Å². The van der Waals surface area contributed by atoms with Crippen molar-refractivity contribution in [3.05, 3.63) is 58.1 Å². The van der Waals surface area contributed by atoms with Gasteiger partial charge in [-0.1, -0.05) is 31.0 Å². The van der Waals surface area contributed by atoms with E-state index in [0.717, 1.165) is 62.2 Å². The topological polar surface area (TPSA) is 114 Å². The lowest BCUT2D eigenvalue weighted by Crippen LogP contribution is -2.51. The molecule has 0 aromatic heterocycles. The van der Waals surface area contributed by atoms with Crippen LogP contribution in [0.5, 0.6) is 5.75 Å².